The fraction of sp³-hybridized carbons (Fsp3) is 0.400. The quantitative estimate of drug-likeness (QED) is 0.0331. The summed E-state index contributed by atoms with van der Waals surface area (Å²) in [5.41, 5.74) is 16.4. The first kappa shape index (κ1) is 30.8. The van der Waals surface area contributed by atoms with Crippen LogP contribution in [0.2, 0.25) is 0 Å². The number of nitrogens with two attached hydrogens (primary N) is 3. The zero-order chi connectivity index (χ0) is 29.5. The van der Waals surface area contributed by atoms with Crippen LogP contribution in [0.1, 0.15) is 11.4 Å². The Hall–Kier alpha value is -3.11. The molecule has 220 valence electrons. The van der Waals surface area contributed by atoms with E-state index >= 15 is 0 Å². The van der Waals surface area contributed by atoms with Crippen molar-refractivity contribution in [3.05, 3.63) is 27.4 Å². The summed E-state index contributed by atoms with van der Waals surface area (Å²) < 4.78 is 4.77. The van der Waals surface area contributed by atoms with E-state index in [0.29, 0.717) is 29.5 Å². The van der Waals surface area contributed by atoms with Crippen molar-refractivity contribution in [1.82, 2.24) is 30.1 Å². The maximum absolute atomic E-state index is 13.0. The highest BCUT2D eigenvalue weighted by Gasteiger charge is 2.54. The number of aliphatic carboxylic acids is 1. The van der Waals surface area contributed by atoms with Gasteiger partial charge in [0, 0.05) is 40.6 Å². The van der Waals surface area contributed by atoms with Crippen molar-refractivity contribution >= 4 is 92.7 Å². The average molecular weight is 660 g/mol. The summed E-state index contributed by atoms with van der Waals surface area (Å²) in [5.74, 6) is -0.951. The molecule has 21 heteroatoms. The highest BCUT2D eigenvalue weighted by atomic mass is 32.2. The third kappa shape index (κ3) is 7.40. The highest BCUT2D eigenvalue weighted by molar-refractivity contribution is 8.07. The van der Waals surface area contributed by atoms with Crippen molar-refractivity contribution in [2.24, 2.45) is 21.6 Å². The van der Waals surface area contributed by atoms with Crippen LogP contribution in [0, 0.1) is 0 Å². The third-order valence-corrected chi connectivity index (χ3v) is 10.6. The number of oxime groups is 1. The van der Waals surface area contributed by atoms with Gasteiger partial charge in [-0.1, -0.05) is 21.4 Å². The zero-order valence-corrected chi connectivity index (χ0v) is 25.1. The van der Waals surface area contributed by atoms with Crippen LogP contribution in [0.4, 0.5) is 5.13 Å². The molecule has 1 saturated heterocycles. The largest absolute Gasteiger partial charge is 0.477 e. The number of amides is 2. The molecule has 0 saturated carbocycles. The molecule has 10 N–H and O–H groups in total. The van der Waals surface area contributed by atoms with Gasteiger partial charge >= 0.3 is 5.97 Å². The topological polar surface area (TPSA) is 260 Å². The summed E-state index contributed by atoms with van der Waals surface area (Å²) >= 11 is 6.40. The van der Waals surface area contributed by atoms with Gasteiger partial charge in [-0.05, 0) is 11.5 Å². The molecule has 0 bridgehead atoms. The second kappa shape index (κ2) is 14.2. The van der Waals surface area contributed by atoms with Crippen molar-refractivity contribution in [1.29, 1.82) is 0 Å². The molecule has 0 aliphatic carbocycles. The van der Waals surface area contributed by atoms with Gasteiger partial charge in [-0.2, -0.15) is 11.8 Å². The lowest BCUT2D eigenvalue weighted by Crippen LogP contribution is -2.71. The highest BCUT2D eigenvalue weighted by Crippen LogP contribution is 2.46. The fourth-order valence-electron chi connectivity index (χ4n) is 3.67. The number of carboxylic acids is 1. The van der Waals surface area contributed by atoms with Crippen LogP contribution in [0.5, 0.6) is 0 Å². The smallest absolute Gasteiger partial charge is 0.353 e. The minimum Gasteiger partial charge on any atom is -0.477 e. The van der Waals surface area contributed by atoms with Gasteiger partial charge < -0.3 is 38.1 Å². The van der Waals surface area contributed by atoms with Crippen LogP contribution >= 0.6 is 58.2 Å². The van der Waals surface area contributed by atoms with E-state index in [1.54, 1.807) is 11.8 Å². The Morgan fingerprint density at radius 2 is 2.10 bits per heavy atom. The molecule has 2 atom stereocenters. The summed E-state index contributed by atoms with van der Waals surface area (Å²) in [7, 11) is 0. The first-order valence-corrected chi connectivity index (χ1v) is 16.4. The SMILES string of the molecule is NC(N)=NCCNCCSCc1nnsc1SC1=C(C(=O)O)N2C(=O)[C@@H](NC(=O)/C(=N\O)c3csc(N)n3)[C@H]2SC1. The number of hydrogen-bond acceptors (Lipinski definition) is 16. The molecule has 2 aliphatic heterocycles. The molecule has 2 aromatic heterocycles. The molecular weight excluding hydrogens is 635 g/mol. The lowest BCUT2D eigenvalue weighted by atomic mass is 10.0. The van der Waals surface area contributed by atoms with Crippen LogP contribution in [0.15, 0.2) is 30.3 Å². The van der Waals surface area contributed by atoms with E-state index in [-0.39, 0.29) is 22.5 Å². The lowest BCUT2D eigenvalue weighted by Gasteiger charge is -2.49. The van der Waals surface area contributed by atoms with Gasteiger partial charge in [0.25, 0.3) is 11.8 Å². The number of carboxylic acid groups (broad SMARTS) is 1. The maximum Gasteiger partial charge on any atom is 0.353 e. The summed E-state index contributed by atoms with van der Waals surface area (Å²) in [6, 6.07) is -1.01. The van der Waals surface area contributed by atoms with Crippen LogP contribution in [-0.4, -0.2) is 102 Å². The second-order valence-corrected chi connectivity index (χ2v) is 13.4. The number of thioether (sulfide) groups is 3. The molecule has 0 radical (unpaired) electrons. The Labute approximate surface area is 253 Å². The minimum absolute atomic E-state index is 0.0563. The van der Waals surface area contributed by atoms with Crippen LogP contribution < -0.4 is 27.8 Å². The van der Waals surface area contributed by atoms with Gasteiger partial charge in [-0.15, -0.1) is 28.2 Å². The number of guanidine groups is 1. The number of aromatic nitrogens is 3. The van der Waals surface area contributed by atoms with E-state index in [1.807, 2.05) is 0 Å². The van der Waals surface area contributed by atoms with Crippen LogP contribution in [0.3, 0.4) is 0 Å². The minimum atomic E-state index is -1.26. The Bertz CT molecular complexity index is 1390. The average Bonchev–Trinajstić information content (AvgIpc) is 3.57. The normalized spacial score (nSPS) is 18.6. The molecule has 2 aliphatic rings. The molecule has 1 fully saturated rings. The van der Waals surface area contributed by atoms with E-state index in [9.17, 15) is 24.7 Å². The fourth-order valence-corrected chi connectivity index (χ4v) is 8.58. The second-order valence-electron chi connectivity index (χ2n) is 8.18. The van der Waals surface area contributed by atoms with Crippen molar-refractivity contribution < 1.29 is 24.7 Å². The molecular formula is C20H25N11O5S5. The molecule has 41 heavy (non-hydrogen) atoms. The molecule has 0 unspecified atom stereocenters. The maximum atomic E-state index is 13.0. The molecule has 4 heterocycles. The van der Waals surface area contributed by atoms with E-state index in [1.165, 1.54) is 28.9 Å². The lowest BCUT2D eigenvalue weighted by molar-refractivity contribution is -0.150. The standard InChI is InChI=1S/C20H25N11O5S5/c21-19(22)25-2-1-24-3-4-37-5-9-18(41-30-28-9)40-10-7-38-16-12(15(33)31(16)13(10)17(34)35)27-14(32)11(29-36)8-6-39-20(23)26-8/h6,12,16,24,36H,1-5,7H2,(H2,23,26)(H,27,32)(H,34,35)(H4,21,22,25)/b29-11-/t12-,16-/m1/s1. The van der Waals surface area contributed by atoms with E-state index in [4.69, 9.17) is 17.2 Å². The van der Waals surface area contributed by atoms with Gasteiger partial charge in [0.1, 0.15) is 27.0 Å². The molecule has 2 amide bonds. The molecule has 0 spiro atoms. The Balaban J connectivity index is 1.36. The Morgan fingerprint density at radius 1 is 1.29 bits per heavy atom. The van der Waals surface area contributed by atoms with E-state index in [0.717, 1.165) is 50.0 Å². The predicted octanol–water partition coefficient (Wildman–Crippen LogP) is -0.660. The van der Waals surface area contributed by atoms with Gasteiger partial charge in [-0.25, -0.2) is 9.78 Å². The summed E-state index contributed by atoms with van der Waals surface area (Å²) in [6.07, 6.45) is 0. The summed E-state index contributed by atoms with van der Waals surface area (Å²) in [4.78, 5) is 47.4. The Kier molecular flexibility index (Phi) is 10.7. The number of nitrogens with zero attached hydrogens (tertiary/aromatic N) is 6. The van der Waals surface area contributed by atoms with Gasteiger partial charge in [0.15, 0.2) is 16.8 Å². The number of β-lactam (4-membered cyclic amide) rings is 1. The molecule has 16 nitrogen and oxygen atoms in total. The molecule has 2 aromatic rings. The number of nitrogens with one attached hydrogen (secondary N) is 2. The van der Waals surface area contributed by atoms with Crippen molar-refractivity contribution in [3.8, 4) is 0 Å². The van der Waals surface area contributed by atoms with Gasteiger partial charge in [0.05, 0.1) is 12.2 Å². The third-order valence-electron chi connectivity index (χ3n) is 5.48. The molecule has 4 rings (SSSR count). The first-order chi connectivity index (χ1) is 19.7. The number of carbonyl (C=O) groups is 3. The molecule has 0 aromatic carbocycles. The summed E-state index contributed by atoms with van der Waals surface area (Å²) in [6.45, 7) is 1.89. The number of thiazole rings is 1. The number of hydrogen-bond donors (Lipinski definition) is 7. The first-order valence-electron chi connectivity index (χ1n) is 11.7. The van der Waals surface area contributed by atoms with E-state index < -0.39 is 34.9 Å². The van der Waals surface area contributed by atoms with Crippen molar-refractivity contribution in [2.45, 2.75) is 21.4 Å². The van der Waals surface area contributed by atoms with Gasteiger partial charge in [0.2, 0.25) is 0 Å². The van der Waals surface area contributed by atoms with Crippen LogP contribution in [0.25, 0.3) is 0 Å². The zero-order valence-electron chi connectivity index (χ0n) is 21.1. The summed E-state index contributed by atoms with van der Waals surface area (Å²) in [5, 5.41) is 33.2. The number of anilines is 1. The Morgan fingerprint density at radius 3 is 2.78 bits per heavy atom. The monoisotopic (exact) mass is 659 g/mol. The number of nitrogen functional groups attached to an aromatic ring is 1. The number of rotatable bonds is 14. The van der Waals surface area contributed by atoms with E-state index in [2.05, 4.69) is 35.4 Å². The van der Waals surface area contributed by atoms with Crippen molar-refractivity contribution in [2.75, 3.05) is 36.9 Å². The number of fused-ring (bicyclic) bond motifs is 1. The number of aliphatic imine (C=N–C) groups is 1. The number of carbonyl (C=O) groups excluding carboxylic acids is 2. The predicted molar refractivity (Wildman–Crippen MR) is 160 cm³/mol. The van der Waals surface area contributed by atoms with Crippen LogP contribution in [-0.2, 0) is 20.1 Å². The van der Waals surface area contributed by atoms with Gasteiger partial charge in [-0.3, -0.25) is 19.5 Å². The van der Waals surface area contributed by atoms with Crippen molar-refractivity contribution in [3.63, 3.8) is 0 Å².